The first-order valence-corrected chi connectivity index (χ1v) is 6.89. The molecule has 0 unspecified atom stereocenters. The predicted molar refractivity (Wildman–Crippen MR) is 82.6 cm³/mol. The molecule has 4 nitrogen and oxygen atoms in total. The van der Waals surface area contributed by atoms with Gasteiger partial charge >= 0.3 is 0 Å². The molecule has 106 valence electrons. The maximum atomic E-state index is 13.1. The highest BCUT2D eigenvalue weighted by Gasteiger charge is 2.08. The van der Waals surface area contributed by atoms with E-state index in [1.54, 1.807) is 16.9 Å². The molecule has 2 N–H and O–H groups in total. The van der Waals surface area contributed by atoms with Gasteiger partial charge in [-0.15, -0.1) is 0 Å². The minimum atomic E-state index is -0.271. The number of anilines is 1. The summed E-state index contributed by atoms with van der Waals surface area (Å²) in [5.74, 6) is 0.210. The Morgan fingerprint density at radius 3 is 3.00 bits per heavy atom. The molecule has 1 aromatic carbocycles. The molecular formula is C13H14ClFN4S. The van der Waals surface area contributed by atoms with Gasteiger partial charge in [-0.1, -0.05) is 23.7 Å². The second kappa shape index (κ2) is 6.67. The van der Waals surface area contributed by atoms with Gasteiger partial charge in [0.25, 0.3) is 0 Å². The van der Waals surface area contributed by atoms with Gasteiger partial charge in [-0.3, -0.25) is 4.68 Å². The number of aromatic nitrogens is 2. The topological polar surface area (TPSA) is 41.9 Å². The minimum Gasteiger partial charge on any atom is -0.363 e. The lowest BCUT2D eigenvalue weighted by molar-refractivity contribution is 0.619. The van der Waals surface area contributed by atoms with Crippen molar-refractivity contribution in [1.29, 1.82) is 0 Å². The highest BCUT2D eigenvalue weighted by atomic mass is 35.5. The zero-order valence-electron chi connectivity index (χ0n) is 10.9. The van der Waals surface area contributed by atoms with Gasteiger partial charge in [-0.2, -0.15) is 5.10 Å². The van der Waals surface area contributed by atoms with Crippen LogP contribution < -0.4 is 10.6 Å². The summed E-state index contributed by atoms with van der Waals surface area (Å²) in [6.45, 7) is 3.10. The fourth-order valence-electron chi connectivity index (χ4n) is 1.70. The molecule has 0 aliphatic heterocycles. The normalized spacial score (nSPS) is 10.3. The first-order chi connectivity index (χ1) is 9.58. The monoisotopic (exact) mass is 312 g/mol. The van der Waals surface area contributed by atoms with E-state index in [4.69, 9.17) is 23.8 Å². The smallest absolute Gasteiger partial charge is 0.173 e. The summed E-state index contributed by atoms with van der Waals surface area (Å²) < 4.78 is 14.8. The van der Waals surface area contributed by atoms with Gasteiger partial charge in [0, 0.05) is 12.7 Å². The van der Waals surface area contributed by atoms with Gasteiger partial charge in [0.2, 0.25) is 0 Å². The standard InChI is InChI=1S/C13H14ClFN4S/c1-2-16-13(20)17-12-11(14)8-19(18-12)7-9-4-3-5-10(15)6-9/h3-6,8H,2,7H2,1H3,(H2,16,17,18,20). The zero-order chi connectivity index (χ0) is 14.5. The van der Waals surface area contributed by atoms with Crippen molar-refractivity contribution in [2.24, 2.45) is 0 Å². The predicted octanol–water partition coefficient (Wildman–Crippen LogP) is 3.03. The number of benzene rings is 1. The van der Waals surface area contributed by atoms with Crippen LogP contribution in [0, 0.1) is 5.82 Å². The lowest BCUT2D eigenvalue weighted by atomic mass is 10.2. The largest absolute Gasteiger partial charge is 0.363 e. The van der Waals surface area contributed by atoms with Crippen LogP contribution >= 0.6 is 23.8 Å². The molecule has 0 bridgehead atoms. The van der Waals surface area contributed by atoms with Crippen molar-refractivity contribution in [2.75, 3.05) is 11.9 Å². The number of nitrogens with zero attached hydrogens (tertiary/aromatic N) is 2. The lowest BCUT2D eigenvalue weighted by Crippen LogP contribution is -2.28. The van der Waals surface area contributed by atoms with E-state index < -0.39 is 0 Å². The molecule has 0 spiro atoms. The maximum absolute atomic E-state index is 13.1. The van der Waals surface area contributed by atoms with E-state index >= 15 is 0 Å². The molecule has 0 atom stereocenters. The van der Waals surface area contributed by atoms with Crippen LogP contribution in [0.3, 0.4) is 0 Å². The van der Waals surface area contributed by atoms with Crippen LogP contribution in [0.15, 0.2) is 30.5 Å². The summed E-state index contributed by atoms with van der Waals surface area (Å²) in [7, 11) is 0. The summed E-state index contributed by atoms with van der Waals surface area (Å²) in [5, 5.41) is 11.1. The number of hydrogen-bond acceptors (Lipinski definition) is 2. The fourth-order valence-corrected chi connectivity index (χ4v) is 2.14. The highest BCUT2D eigenvalue weighted by molar-refractivity contribution is 7.80. The Morgan fingerprint density at radius 1 is 1.50 bits per heavy atom. The van der Waals surface area contributed by atoms with Crippen LogP contribution in [0.5, 0.6) is 0 Å². The Balaban J connectivity index is 2.09. The Kier molecular flexibility index (Phi) is 4.92. The molecule has 0 aliphatic carbocycles. The van der Waals surface area contributed by atoms with Crippen LogP contribution in [0.4, 0.5) is 10.2 Å². The molecule has 7 heteroatoms. The van der Waals surface area contributed by atoms with Crippen LogP contribution in [0.2, 0.25) is 5.02 Å². The summed E-state index contributed by atoms with van der Waals surface area (Å²) >= 11 is 11.2. The minimum absolute atomic E-state index is 0.271. The number of rotatable bonds is 4. The van der Waals surface area contributed by atoms with Crippen LogP contribution in [-0.4, -0.2) is 21.4 Å². The summed E-state index contributed by atoms with van der Waals surface area (Å²) in [6.07, 6.45) is 1.67. The first kappa shape index (κ1) is 14.7. The third kappa shape index (κ3) is 3.91. The molecular weight excluding hydrogens is 299 g/mol. The number of thiocarbonyl (C=S) groups is 1. The molecule has 0 aliphatic rings. The van der Waals surface area contributed by atoms with Crippen molar-refractivity contribution in [3.8, 4) is 0 Å². The van der Waals surface area contributed by atoms with E-state index in [0.29, 0.717) is 29.0 Å². The maximum Gasteiger partial charge on any atom is 0.173 e. The Hall–Kier alpha value is -1.66. The van der Waals surface area contributed by atoms with E-state index in [2.05, 4.69) is 15.7 Å². The Labute approximate surface area is 126 Å². The second-order valence-corrected chi connectivity index (χ2v) is 4.95. The van der Waals surface area contributed by atoms with Gasteiger partial charge < -0.3 is 10.6 Å². The number of hydrogen-bond donors (Lipinski definition) is 2. The van der Waals surface area contributed by atoms with Crippen molar-refractivity contribution < 1.29 is 4.39 Å². The molecule has 0 saturated heterocycles. The fraction of sp³-hybridized carbons (Fsp3) is 0.231. The van der Waals surface area contributed by atoms with Crippen LogP contribution in [0.1, 0.15) is 12.5 Å². The second-order valence-electron chi connectivity index (χ2n) is 4.14. The molecule has 2 aromatic rings. The molecule has 20 heavy (non-hydrogen) atoms. The molecule has 0 amide bonds. The van der Waals surface area contributed by atoms with Crippen molar-refractivity contribution in [3.05, 3.63) is 46.9 Å². The van der Waals surface area contributed by atoms with E-state index in [-0.39, 0.29) is 5.82 Å². The van der Waals surface area contributed by atoms with Crippen molar-refractivity contribution in [2.45, 2.75) is 13.5 Å². The Morgan fingerprint density at radius 2 is 2.30 bits per heavy atom. The molecule has 0 fully saturated rings. The Bertz CT molecular complexity index is 614. The third-order valence-corrected chi connectivity index (χ3v) is 3.04. The number of nitrogens with one attached hydrogen (secondary N) is 2. The first-order valence-electron chi connectivity index (χ1n) is 6.10. The van der Waals surface area contributed by atoms with Crippen molar-refractivity contribution in [1.82, 2.24) is 15.1 Å². The van der Waals surface area contributed by atoms with E-state index in [0.717, 1.165) is 5.56 Å². The van der Waals surface area contributed by atoms with Gasteiger partial charge in [0.1, 0.15) is 10.8 Å². The van der Waals surface area contributed by atoms with Gasteiger partial charge in [-0.05, 0) is 36.8 Å². The van der Waals surface area contributed by atoms with E-state index in [9.17, 15) is 4.39 Å². The van der Waals surface area contributed by atoms with E-state index in [1.807, 2.05) is 13.0 Å². The van der Waals surface area contributed by atoms with Gasteiger partial charge in [-0.25, -0.2) is 4.39 Å². The average molecular weight is 313 g/mol. The zero-order valence-corrected chi connectivity index (χ0v) is 12.4. The van der Waals surface area contributed by atoms with Gasteiger partial charge in [0.05, 0.1) is 6.54 Å². The van der Waals surface area contributed by atoms with Crippen molar-refractivity contribution in [3.63, 3.8) is 0 Å². The van der Waals surface area contributed by atoms with Gasteiger partial charge in [0.15, 0.2) is 10.9 Å². The lowest BCUT2D eigenvalue weighted by Gasteiger charge is -2.06. The quantitative estimate of drug-likeness (QED) is 0.852. The summed E-state index contributed by atoms with van der Waals surface area (Å²) in [5.41, 5.74) is 0.810. The summed E-state index contributed by atoms with van der Waals surface area (Å²) in [6, 6.07) is 6.36. The highest BCUT2D eigenvalue weighted by Crippen LogP contribution is 2.20. The molecule has 1 aromatic heterocycles. The third-order valence-electron chi connectivity index (χ3n) is 2.52. The molecule has 2 rings (SSSR count). The van der Waals surface area contributed by atoms with E-state index in [1.165, 1.54) is 12.1 Å². The van der Waals surface area contributed by atoms with Crippen LogP contribution in [0.25, 0.3) is 0 Å². The summed E-state index contributed by atoms with van der Waals surface area (Å²) in [4.78, 5) is 0. The molecule has 1 heterocycles. The molecule has 0 saturated carbocycles. The van der Waals surface area contributed by atoms with Crippen molar-refractivity contribution >= 4 is 34.7 Å². The number of halogens is 2. The molecule has 0 radical (unpaired) electrons. The average Bonchev–Trinajstić information content (AvgIpc) is 2.69. The van der Waals surface area contributed by atoms with Crippen LogP contribution in [-0.2, 0) is 6.54 Å². The SMILES string of the molecule is CCNC(=S)Nc1nn(Cc2cccc(F)c2)cc1Cl.